The maximum Gasteiger partial charge on any atom is 0.328 e. The minimum atomic E-state index is -0.922. The van der Waals surface area contributed by atoms with Crippen molar-refractivity contribution in [3.63, 3.8) is 0 Å². The second kappa shape index (κ2) is 13.0. The van der Waals surface area contributed by atoms with Crippen LogP contribution in [0.4, 0.5) is 0 Å². The van der Waals surface area contributed by atoms with Crippen molar-refractivity contribution in [2.24, 2.45) is 0 Å². The van der Waals surface area contributed by atoms with Gasteiger partial charge in [-0.05, 0) is 11.6 Å². The Balaban J connectivity index is -0.000000339. The summed E-state index contributed by atoms with van der Waals surface area (Å²) in [5, 5.41) is 15.3. The molecule has 1 rings (SSSR count). The van der Waals surface area contributed by atoms with E-state index in [0.717, 1.165) is 18.7 Å². The van der Waals surface area contributed by atoms with Crippen LogP contribution in [0.3, 0.4) is 0 Å². The van der Waals surface area contributed by atoms with E-state index in [-0.39, 0.29) is 25.0 Å². The van der Waals surface area contributed by atoms with Crippen molar-refractivity contribution in [3.8, 4) is 0 Å². The van der Waals surface area contributed by atoms with E-state index in [1.54, 1.807) is 6.08 Å². The molecule has 0 aliphatic rings. The molecule has 4 N–H and O–H groups in total. The first kappa shape index (κ1) is 19.5. The number of aliphatic hydroxyl groups excluding tert-OH is 1. The zero-order valence-corrected chi connectivity index (χ0v) is 11.5. The van der Waals surface area contributed by atoms with Gasteiger partial charge in [0.25, 0.3) is 0 Å². The van der Waals surface area contributed by atoms with Gasteiger partial charge in [-0.1, -0.05) is 30.3 Å². The molecule has 80 valence electrons. The summed E-state index contributed by atoms with van der Waals surface area (Å²) in [6.45, 7) is 0. The molecule has 0 aliphatic carbocycles. The summed E-state index contributed by atoms with van der Waals surface area (Å²) >= 11 is 0. The minimum Gasteiger partial charge on any atom is -0.478 e. The maximum absolute atomic E-state index is 10.1. The van der Waals surface area contributed by atoms with E-state index in [1.807, 2.05) is 30.3 Å². The number of hydrogen-bond donors (Lipinski definition) is 2. The normalized spacial score (nSPS) is 7.87. The molecular formula is C10H14O4Zn. The predicted octanol–water partition coefficient (Wildman–Crippen LogP) is 0.566. The van der Waals surface area contributed by atoms with Crippen molar-refractivity contribution in [1.82, 2.24) is 0 Å². The molecule has 0 saturated carbocycles. The number of rotatable bonds is 2. The van der Waals surface area contributed by atoms with Crippen molar-refractivity contribution < 1.29 is 40.0 Å². The summed E-state index contributed by atoms with van der Waals surface area (Å²) in [5.74, 6) is -0.922. The Hall–Kier alpha value is -1.03. The van der Waals surface area contributed by atoms with Crippen LogP contribution in [0.1, 0.15) is 5.56 Å². The summed E-state index contributed by atoms with van der Waals surface area (Å²) in [4.78, 5) is 10.1. The first-order valence-electron chi connectivity index (χ1n) is 3.70. The van der Waals surface area contributed by atoms with Gasteiger partial charge in [-0.25, -0.2) is 4.79 Å². The SMILES string of the molecule is CO.O.O=C(O)C=Cc1ccccc1.[Zn]. The molecular weight excluding hydrogens is 249 g/mol. The quantitative estimate of drug-likeness (QED) is 0.604. The topological polar surface area (TPSA) is 89.0 Å². The first-order chi connectivity index (χ1) is 6.29. The Morgan fingerprint density at radius 1 is 1.20 bits per heavy atom. The molecule has 5 heteroatoms. The summed E-state index contributed by atoms with van der Waals surface area (Å²) < 4.78 is 0. The summed E-state index contributed by atoms with van der Waals surface area (Å²) in [6, 6.07) is 9.31. The van der Waals surface area contributed by atoms with E-state index in [4.69, 9.17) is 10.2 Å². The number of aliphatic hydroxyl groups is 1. The van der Waals surface area contributed by atoms with Gasteiger partial charge >= 0.3 is 5.97 Å². The van der Waals surface area contributed by atoms with Crippen LogP contribution in [0.15, 0.2) is 36.4 Å². The summed E-state index contributed by atoms with van der Waals surface area (Å²) in [6.07, 6.45) is 2.68. The van der Waals surface area contributed by atoms with E-state index in [0.29, 0.717) is 0 Å². The van der Waals surface area contributed by atoms with Crippen LogP contribution in [0.5, 0.6) is 0 Å². The predicted molar refractivity (Wildman–Crippen MR) is 54.9 cm³/mol. The molecule has 1 aromatic carbocycles. The van der Waals surface area contributed by atoms with E-state index in [2.05, 4.69) is 0 Å². The van der Waals surface area contributed by atoms with Crippen molar-refractivity contribution >= 4 is 12.0 Å². The first-order valence-corrected chi connectivity index (χ1v) is 3.70. The number of carboxylic acids is 1. The third-order valence-electron chi connectivity index (χ3n) is 1.22. The zero-order valence-electron chi connectivity index (χ0n) is 8.55. The van der Waals surface area contributed by atoms with Crippen molar-refractivity contribution in [2.45, 2.75) is 0 Å². The molecule has 0 atom stereocenters. The van der Waals surface area contributed by atoms with Crippen LogP contribution in [-0.4, -0.2) is 28.8 Å². The molecule has 0 saturated heterocycles. The Bertz CT molecular complexity index is 272. The molecule has 0 bridgehead atoms. The second-order valence-corrected chi connectivity index (χ2v) is 2.08. The Morgan fingerprint density at radius 2 is 1.67 bits per heavy atom. The fourth-order valence-electron chi connectivity index (χ4n) is 0.732. The average Bonchev–Trinajstić information content (AvgIpc) is 2.19. The molecule has 0 amide bonds. The van der Waals surface area contributed by atoms with Crippen molar-refractivity contribution in [3.05, 3.63) is 42.0 Å². The largest absolute Gasteiger partial charge is 0.478 e. The molecule has 4 nitrogen and oxygen atoms in total. The van der Waals surface area contributed by atoms with Gasteiger partial charge in [0.1, 0.15) is 0 Å². The molecule has 0 heterocycles. The molecule has 0 aromatic heterocycles. The Kier molecular flexibility index (Phi) is 16.9. The molecule has 0 aliphatic heterocycles. The van der Waals surface area contributed by atoms with E-state index in [1.165, 1.54) is 0 Å². The zero-order chi connectivity index (χ0) is 10.1. The number of carbonyl (C=O) groups is 1. The second-order valence-electron chi connectivity index (χ2n) is 2.08. The van der Waals surface area contributed by atoms with Gasteiger partial charge in [0.15, 0.2) is 0 Å². The van der Waals surface area contributed by atoms with Gasteiger partial charge in [-0.15, -0.1) is 0 Å². The van der Waals surface area contributed by atoms with Crippen LogP contribution in [0.2, 0.25) is 0 Å². The van der Waals surface area contributed by atoms with Gasteiger partial charge in [0.2, 0.25) is 0 Å². The fraction of sp³-hybridized carbons (Fsp3) is 0.100. The van der Waals surface area contributed by atoms with Crippen LogP contribution < -0.4 is 0 Å². The standard InChI is InChI=1S/C9H8O2.CH4O.H2O.Zn/c10-9(11)7-6-8-4-2-1-3-5-8;1-2;;/h1-7H,(H,10,11);2H,1H3;1H2;. The summed E-state index contributed by atoms with van der Waals surface area (Å²) in [5.41, 5.74) is 0.898. The number of carboxylic acid groups (broad SMARTS) is 1. The van der Waals surface area contributed by atoms with Crippen molar-refractivity contribution in [2.75, 3.05) is 7.11 Å². The molecule has 0 radical (unpaired) electrons. The molecule has 1 aromatic rings. The molecule has 15 heavy (non-hydrogen) atoms. The van der Waals surface area contributed by atoms with E-state index < -0.39 is 5.97 Å². The van der Waals surface area contributed by atoms with Crippen LogP contribution in [-0.2, 0) is 24.3 Å². The van der Waals surface area contributed by atoms with Gasteiger partial charge in [0.05, 0.1) is 0 Å². The average molecular weight is 264 g/mol. The maximum atomic E-state index is 10.1. The van der Waals surface area contributed by atoms with Crippen molar-refractivity contribution in [1.29, 1.82) is 0 Å². The van der Waals surface area contributed by atoms with E-state index in [9.17, 15) is 4.79 Å². The number of benzene rings is 1. The molecule has 0 unspecified atom stereocenters. The Labute approximate surface area is 101 Å². The number of hydrogen-bond acceptors (Lipinski definition) is 2. The smallest absolute Gasteiger partial charge is 0.328 e. The van der Waals surface area contributed by atoms with Gasteiger partial charge in [-0.2, -0.15) is 0 Å². The van der Waals surface area contributed by atoms with Gasteiger partial charge in [-0.3, -0.25) is 0 Å². The van der Waals surface area contributed by atoms with Crippen LogP contribution in [0, 0.1) is 0 Å². The van der Waals surface area contributed by atoms with Crippen LogP contribution in [0.25, 0.3) is 6.08 Å². The molecule has 0 fully saturated rings. The van der Waals surface area contributed by atoms with Crippen LogP contribution >= 0.6 is 0 Å². The molecule has 0 spiro atoms. The Morgan fingerprint density at radius 3 is 2.07 bits per heavy atom. The monoisotopic (exact) mass is 262 g/mol. The fourth-order valence-corrected chi connectivity index (χ4v) is 0.732. The van der Waals surface area contributed by atoms with E-state index >= 15 is 0 Å². The third kappa shape index (κ3) is 10.9. The summed E-state index contributed by atoms with van der Waals surface area (Å²) in [7, 11) is 1.00. The third-order valence-corrected chi connectivity index (χ3v) is 1.22. The van der Waals surface area contributed by atoms with Gasteiger partial charge < -0.3 is 15.7 Å². The number of aliphatic carboxylic acids is 1. The minimum absolute atomic E-state index is 0. The van der Waals surface area contributed by atoms with Gasteiger partial charge in [0, 0.05) is 32.7 Å².